The Morgan fingerprint density at radius 3 is 2.76 bits per heavy atom. The molecule has 0 aliphatic carbocycles. The molecule has 0 saturated carbocycles. The lowest BCUT2D eigenvalue weighted by Crippen LogP contribution is -2.46. The van der Waals surface area contributed by atoms with Crippen LogP contribution in [0.25, 0.3) is 0 Å². The molecule has 116 valence electrons. The highest BCUT2D eigenvalue weighted by atomic mass is 16.6. The average Bonchev–Trinajstić information content (AvgIpc) is 2.50. The van der Waals surface area contributed by atoms with Gasteiger partial charge in [-0.25, -0.2) is 0 Å². The Bertz CT molecular complexity index is 476. The van der Waals surface area contributed by atoms with Crippen molar-refractivity contribution in [3.63, 3.8) is 0 Å². The normalized spacial score (nSPS) is 16.9. The summed E-state index contributed by atoms with van der Waals surface area (Å²) in [5.74, 6) is 1.61. The Labute approximate surface area is 126 Å². The van der Waals surface area contributed by atoms with E-state index in [2.05, 4.69) is 5.32 Å². The van der Waals surface area contributed by atoms with Crippen molar-refractivity contribution in [1.29, 1.82) is 0 Å². The molecule has 0 aromatic heterocycles. The first-order chi connectivity index (χ1) is 10.1. The van der Waals surface area contributed by atoms with E-state index in [1.807, 2.05) is 45.0 Å². The minimum atomic E-state index is -0.122. The van der Waals surface area contributed by atoms with Gasteiger partial charge < -0.3 is 19.7 Å². The SMILES string of the molecule is CCN(CC1COc2ccccc2O1)C(=O)CNC(C)C. The van der Waals surface area contributed by atoms with E-state index in [0.717, 1.165) is 11.5 Å². The Morgan fingerprint density at radius 1 is 1.38 bits per heavy atom. The Balaban J connectivity index is 1.89. The van der Waals surface area contributed by atoms with Crippen LogP contribution in [0.3, 0.4) is 0 Å². The molecule has 5 nitrogen and oxygen atoms in total. The maximum absolute atomic E-state index is 12.2. The molecule has 0 saturated heterocycles. The van der Waals surface area contributed by atoms with Crippen molar-refractivity contribution in [1.82, 2.24) is 10.2 Å². The molecule has 1 unspecified atom stereocenters. The van der Waals surface area contributed by atoms with Crippen LogP contribution in [0.4, 0.5) is 0 Å². The number of likely N-dealkylation sites (N-methyl/N-ethyl adjacent to an activating group) is 1. The van der Waals surface area contributed by atoms with Crippen LogP contribution in [0.1, 0.15) is 20.8 Å². The van der Waals surface area contributed by atoms with Crippen LogP contribution < -0.4 is 14.8 Å². The molecule has 1 N–H and O–H groups in total. The lowest BCUT2D eigenvalue weighted by Gasteiger charge is -2.31. The number of ether oxygens (including phenoxy) is 2. The number of rotatable bonds is 6. The summed E-state index contributed by atoms with van der Waals surface area (Å²) in [6.07, 6.45) is -0.122. The molecule has 1 aliphatic rings. The first-order valence-corrected chi connectivity index (χ1v) is 7.49. The van der Waals surface area contributed by atoms with E-state index in [-0.39, 0.29) is 12.0 Å². The molecular weight excluding hydrogens is 268 g/mol. The number of nitrogens with one attached hydrogen (secondary N) is 1. The fraction of sp³-hybridized carbons (Fsp3) is 0.562. The number of carbonyl (C=O) groups is 1. The predicted molar refractivity (Wildman–Crippen MR) is 81.7 cm³/mol. The number of nitrogens with zero attached hydrogens (tertiary/aromatic N) is 1. The van der Waals surface area contributed by atoms with E-state index in [4.69, 9.17) is 9.47 Å². The number of fused-ring (bicyclic) bond motifs is 1. The Hall–Kier alpha value is -1.75. The molecule has 0 bridgehead atoms. The maximum Gasteiger partial charge on any atom is 0.236 e. The smallest absolute Gasteiger partial charge is 0.236 e. The molecule has 21 heavy (non-hydrogen) atoms. The zero-order chi connectivity index (χ0) is 15.2. The predicted octanol–water partition coefficient (Wildman–Crippen LogP) is 1.67. The van der Waals surface area contributed by atoms with E-state index in [9.17, 15) is 4.79 Å². The molecule has 1 atom stereocenters. The van der Waals surface area contributed by atoms with Crippen molar-refractivity contribution in [3.05, 3.63) is 24.3 Å². The molecule has 1 aliphatic heterocycles. The van der Waals surface area contributed by atoms with Gasteiger partial charge in [-0.2, -0.15) is 0 Å². The highest BCUT2D eigenvalue weighted by Gasteiger charge is 2.24. The molecule has 0 spiro atoms. The van der Waals surface area contributed by atoms with Crippen molar-refractivity contribution in [2.45, 2.75) is 32.9 Å². The summed E-state index contributed by atoms with van der Waals surface area (Å²) < 4.78 is 11.6. The van der Waals surface area contributed by atoms with Gasteiger partial charge in [0.1, 0.15) is 6.61 Å². The van der Waals surface area contributed by atoms with Crippen molar-refractivity contribution < 1.29 is 14.3 Å². The molecule has 1 aromatic rings. The summed E-state index contributed by atoms with van der Waals surface area (Å²) in [6.45, 7) is 8.07. The molecule has 1 heterocycles. The molecule has 1 amide bonds. The molecule has 2 rings (SSSR count). The van der Waals surface area contributed by atoms with Gasteiger partial charge in [-0.05, 0) is 19.1 Å². The second kappa shape index (κ2) is 7.31. The summed E-state index contributed by atoms with van der Waals surface area (Å²) in [5.41, 5.74) is 0. The molecule has 1 aromatic carbocycles. The van der Waals surface area contributed by atoms with Gasteiger partial charge in [-0.1, -0.05) is 26.0 Å². The second-order valence-corrected chi connectivity index (χ2v) is 5.47. The van der Waals surface area contributed by atoms with Crippen LogP contribution in [0.5, 0.6) is 11.5 Å². The van der Waals surface area contributed by atoms with Crippen molar-refractivity contribution in [2.24, 2.45) is 0 Å². The van der Waals surface area contributed by atoms with Gasteiger partial charge in [0, 0.05) is 12.6 Å². The van der Waals surface area contributed by atoms with Crippen molar-refractivity contribution in [3.8, 4) is 11.5 Å². The number of hydrogen-bond donors (Lipinski definition) is 1. The molecule has 0 fully saturated rings. The Morgan fingerprint density at radius 2 is 2.10 bits per heavy atom. The second-order valence-electron chi connectivity index (χ2n) is 5.47. The standard InChI is InChI=1S/C16H24N2O3/c1-4-18(16(19)9-17-12(2)3)10-13-11-20-14-7-5-6-8-15(14)21-13/h5-8,12-13,17H,4,9-11H2,1-3H3. The van der Waals surface area contributed by atoms with E-state index >= 15 is 0 Å². The van der Waals surface area contributed by atoms with E-state index in [1.165, 1.54) is 0 Å². The van der Waals surface area contributed by atoms with Gasteiger partial charge in [0.2, 0.25) is 5.91 Å². The Kier molecular flexibility index (Phi) is 5.44. The topological polar surface area (TPSA) is 50.8 Å². The van der Waals surface area contributed by atoms with E-state index < -0.39 is 0 Å². The fourth-order valence-corrected chi connectivity index (χ4v) is 2.21. The zero-order valence-electron chi connectivity index (χ0n) is 13.0. The molecular formula is C16H24N2O3. The summed E-state index contributed by atoms with van der Waals surface area (Å²) in [6, 6.07) is 7.91. The van der Waals surface area contributed by atoms with Gasteiger partial charge in [0.25, 0.3) is 0 Å². The van der Waals surface area contributed by atoms with Crippen LogP contribution in [0.15, 0.2) is 24.3 Å². The fourth-order valence-electron chi connectivity index (χ4n) is 2.21. The average molecular weight is 292 g/mol. The zero-order valence-corrected chi connectivity index (χ0v) is 13.0. The van der Waals surface area contributed by atoms with Crippen LogP contribution in [-0.4, -0.2) is 49.2 Å². The maximum atomic E-state index is 12.2. The summed E-state index contributed by atoms with van der Waals surface area (Å²) >= 11 is 0. The van der Waals surface area contributed by atoms with Gasteiger partial charge in [0.05, 0.1) is 13.1 Å². The lowest BCUT2D eigenvalue weighted by atomic mass is 10.2. The van der Waals surface area contributed by atoms with Crippen molar-refractivity contribution in [2.75, 3.05) is 26.2 Å². The first-order valence-electron chi connectivity index (χ1n) is 7.49. The summed E-state index contributed by atoms with van der Waals surface area (Å²) in [5, 5.41) is 3.15. The largest absolute Gasteiger partial charge is 0.486 e. The van der Waals surface area contributed by atoms with Gasteiger partial charge in [-0.15, -0.1) is 0 Å². The number of hydrogen-bond acceptors (Lipinski definition) is 4. The van der Waals surface area contributed by atoms with Gasteiger partial charge in [-0.3, -0.25) is 4.79 Å². The van der Waals surface area contributed by atoms with E-state index in [0.29, 0.717) is 32.3 Å². The first kappa shape index (κ1) is 15.6. The minimum absolute atomic E-state index is 0.0914. The molecule has 5 heteroatoms. The highest BCUT2D eigenvalue weighted by Crippen LogP contribution is 2.30. The van der Waals surface area contributed by atoms with Crippen LogP contribution in [0.2, 0.25) is 0 Å². The summed E-state index contributed by atoms with van der Waals surface area (Å²) in [7, 11) is 0. The van der Waals surface area contributed by atoms with E-state index in [1.54, 1.807) is 4.90 Å². The minimum Gasteiger partial charge on any atom is -0.486 e. The van der Waals surface area contributed by atoms with Crippen LogP contribution in [-0.2, 0) is 4.79 Å². The van der Waals surface area contributed by atoms with Crippen LogP contribution in [0, 0.1) is 0 Å². The van der Waals surface area contributed by atoms with Gasteiger partial charge in [0.15, 0.2) is 17.6 Å². The number of para-hydroxylation sites is 2. The summed E-state index contributed by atoms with van der Waals surface area (Å²) in [4.78, 5) is 14.0. The highest BCUT2D eigenvalue weighted by molar-refractivity contribution is 5.78. The molecule has 0 radical (unpaired) electrons. The number of carbonyl (C=O) groups excluding carboxylic acids is 1. The number of amides is 1. The quantitative estimate of drug-likeness (QED) is 0.866. The third-order valence-electron chi connectivity index (χ3n) is 3.39. The third kappa shape index (κ3) is 4.36. The lowest BCUT2D eigenvalue weighted by molar-refractivity contribution is -0.131. The number of benzene rings is 1. The van der Waals surface area contributed by atoms with Crippen LogP contribution >= 0.6 is 0 Å². The van der Waals surface area contributed by atoms with Crippen molar-refractivity contribution >= 4 is 5.91 Å². The monoisotopic (exact) mass is 292 g/mol. The van der Waals surface area contributed by atoms with Gasteiger partial charge >= 0.3 is 0 Å². The third-order valence-corrected chi connectivity index (χ3v) is 3.39.